The van der Waals surface area contributed by atoms with Gasteiger partial charge in [0.05, 0.1) is 0 Å². The number of allylic oxidation sites excluding steroid dienone is 1. The van der Waals surface area contributed by atoms with Crippen LogP contribution in [0, 0.1) is 28.6 Å². The number of hydrogen-bond acceptors (Lipinski definition) is 2. The first-order valence-corrected chi connectivity index (χ1v) is 9.85. The molecule has 0 aromatic rings. The molecule has 0 saturated heterocycles. The largest absolute Gasteiger partial charge is 0.353 e. The Morgan fingerprint density at radius 1 is 1.08 bits per heavy atom. The number of amides is 1. The van der Waals surface area contributed by atoms with E-state index in [0.717, 1.165) is 43.4 Å². The van der Waals surface area contributed by atoms with Crippen molar-refractivity contribution < 1.29 is 9.59 Å². The first-order chi connectivity index (χ1) is 11.3. The van der Waals surface area contributed by atoms with Gasteiger partial charge in [-0.15, -0.1) is 0 Å². The Hall–Kier alpha value is -1.12. The average Bonchev–Trinajstić information content (AvgIpc) is 2.84. The molecule has 0 aromatic carbocycles. The van der Waals surface area contributed by atoms with Crippen LogP contribution in [0.4, 0.5) is 0 Å². The third kappa shape index (κ3) is 2.23. The summed E-state index contributed by atoms with van der Waals surface area (Å²) in [6.45, 7) is 6.52. The Morgan fingerprint density at radius 2 is 1.88 bits per heavy atom. The second-order valence-electron chi connectivity index (χ2n) is 9.34. The Labute approximate surface area is 145 Å². The van der Waals surface area contributed by atoms with Crippen molar-refractivity contribution >= 4 is 11.7 Å². The van der Waals surface area contributed by atoms with Crippen LogP contribution in [0.2, 0.25) is 0 Å². The van der Waals surface area contributed by atoms with Gasteiger partial charge in [-0.1, -0.05) is 19.4 Å². The maximum Gasteiger partial charge on any atom is 0.217 e. The summed E-state index contributed by atoms with van der Waals surface area (Å²) >= 11 is 0. The van der Waals surface area contributed by atoms with Crippen molar-refractivity contribution in [2.24, 2.45) is 28.6 Å². The van der Waals surface area contributed by atoms with Crippen LogP contribution in [-0.4, -0.2) is 17.7 Å². The van der Waals surface area contributed by atoms with E-state index in [-0.39, 0.29) is 16.7 Å². The van der Waals surface area contributed by atoms with Crippen LogP contribution in [0.25, 0.3) is 0 Å². The third-order valence-electron chi connectivity index (χ3n) is 8.34. The summed E-state index contributed by atoms with van der Waals surface area (Å²) in [4.78, 5) is 23.5. The number of hydrogen-bond donors (Lipinski definition) is 1. The highest BCUT2D eigenvalue weighted by Crippen LogP contribution is 2.65. The molecule has 0 spiro atoms. The van der Waals surface area contributed by atoms with Crippen molar-refractivity contribution in [2.75, 3.05) is 0 Å². The molecular formula is C21H31NO2. The summed E-state index contributed by atoms with van der Waals surface area (Å²) in [5.74, 6) is 2.71. The van der Waals surface area contributed by atoms with E-state index in [1.165, 1.54) is 31.3 Å². The highest BCUT2D eigenvalue weighted by Gasteiger charge is 2.59. The minimum atomic E-state index is 0.121. The highest BCUT2D eigenvalue weighted by molar-refractivity contribution is 5.91. The lowest BCUT2D eigenvalue weighted by Gasteiger charge is -2.58. The predicted molar refractivity (Wildman–Crippen MR) is 94.3 cm³/mol. The number of carbonyl (C=O) groups excluding carboxylic acids is 2. The van der Waals surface area contributed by atoms with E-state index in [9.17, 15) is 9.59 Å². The smallest absolute Gasteiger partial charge is 0.217 e. The van der Waals surface area contributed by atoms with Gasteiger partial charge in [0.25, 0.3) is 0 Å². The van der Waals surface area contributed by atoms with Gasteiger partial charge in [-0.25, -0.2) is 0 Å². The topological polar surface area (TPSA) is 46.2 Å². The van der Waals surface area contributed by atoms with E-state index in [0.29, 0.717) is 11.8 Å². The van der Waals surface area contributed by atoms with Crippen molar-refractivity contribution in [3.8, 4) is 0 Å². The summed E-state index contributed by atoms with van der Waals surface area (Å²) in [5, 5.41) is 3.25. The molecule has 4 aliphatic carbocycles. The van der Waals surface area contributed by atoms with E-state index in [2.05, 4.69) is 19.2 Å². The van der Waals surface area contributed by atoms with Crippen molar-refractivity contribution in [1.29, 1.82) is 0 Å². The molecule has 132 valence electrons. The van der Waals surface area contributed by atoms with E-state index >= 15 is 0 Å². The summed E-state index contributed by atoms with van der Waals surface area (Å²) in [6.07, 6.45) is 11.0. The molecule has 1 unspecified atom stereocenters. The normalized spacial score (nSPS) is 47.3. The Bertz CT molecular complexity index is 609. The molecule has 4 aliphatic rings. The van der Waals surface area contributed by atoms with Gasteiger partial charge in [-0.2, -0.15) is 0 Å². The molecule has 1 amide bonds. The van der Waals surface area contributed by atoms with Gasteiger partial charge in [0.15, 0.2) is 5.78 Å². The number of rotatable bonds is 1. The molecule has 24 heavy (non-hydrogen) atoms. The quantitative estimate of drug-likeness (QED) is 0.789. The molecule has 3 fully saturated rings. The summed E-state index contributed by atoms with van der Waals surface area (Å²) in [7, 11) is 0. The van der Waals surface area contributed by atoms with Gasteiger partial charge in [0.1, 0.15) is 0 Å². The number of nitrogens with one attached hydrogen (secondary N) is 1. The zero-order valence-electron chi connectivity index (χ0n) is 15.4. The molecule has 1 N–H and O–H groups in total. The predicted octanol–water partition coefficient (Wildman–Crippen LogP) is 4.02. The van der Waals surface area contributed by atoms with E-state index < -0.39 is 0 Å². The number of ketones is 1. The van der Waals surface area contributed by atoms with E-state index in [1.54, 1.807) is 6.92 Å². The molecule has 3 heteroatoms. The lowest BCUT2D eigenvalue weighted by molar-refractivity contribution is -0.121. The zero-order valence-corrected chi connectivity index (χ0v) is 15.4. The molecule has 0 heterocycles. The third-order valence-corrected chi connectivity index (χ3v) is 8.34. The van der Waals surface area contributed by atoms with Crippen LogP contribution >= 0.6 is 0 Å². The van der Waals surface area contributed by atoms with Crippen molar-refractivity contribution in [3.63, 3.8) is 0 Å². The SMILES string of the molecule is CC(=O)NC1CC[C@H]2[C@@H]3CCC4=CC(=O)CC[C@]4(C)[C@H]3CC[C@]12C. The molecule has 4 rings (SSSR count). The Balaban J connectivity index is 1.62. The van der Waals surface area contributed by atoms with Gasteiger partial charge < -0.3 is 5.32 Å². The van der Waals surface area contributed by atoms with Crippen LogP contribution in [0.5, 0.6) is 0 Å². The second kappa shape index (κ2) is 5.44. The lowest BCUT2D eigenvalue weighted by atomic mass is 9.47. The highest BCUT2D eigenvalue weighted by atomic mass is 16.1. The molecule has 0 aliphatic heterocycles. The Kier molecular flexibility index (Phi) is 3.71. The van der Waals surface area contributed by atoms with Gasteiger partial charge >= 0.3 is 0 Å². The van der Waals surface area contributed by atoms with Crippen LogP contribution < -0.4 is 5.32 Å². The fourth-order valence-corrected chi connectivity index (χ4v) is 7.04. The minimum Gasteiger partial charge on any atom is -0.353 e. The molecule has 0 bridgehead atoms. The Morgan fingerprint density at radius 3 is 2.62 bits per heavy atom. The van der Waals surface area contributed by atoms with E-state index in [1.807, 2.05) is 6.08 Å². The maximum absolute atomic E-state index is 11.9. The van der Waals surface area contributed by atoms with Crippen molar-refractivity contribution in [1.82, 2.24) is 5.32 Å². The summed E-state index contributed by atoms with van der Waals surface area (Å²) in [5.41, 5.74) is 1.97. The number of carbonyl (C=O) groups is 2. The monoisotopic (exact) mass is 329 g/mol. The first kappa shape index (κ1) is 16.4. The average molecular weight is 329 g/mol. The second-order valence-corrected chi connectivity index (χ2v) is 9.34. The fourth-order valence-electron chi connectivity index (χ4n) is 7.04. The van der Waals surface area contributed by atoms with Crippen molar-refractivity contribution in [3.05, 3.63) is 11.6 Å². The minimum absolute atomic E-state index is 0.121. The van der Waals surface area contributed by atoms with Crippen molar-refractivity contribution in [2.45, 2.75) is 78.2 Å². The first-order valence-electron chi connectivity index (χ1n) is 9.85. The van der Waals surface area contributed by atoms with Gasteiger partial charge in [0.2, 0.25) is 5.91 Å². The van der Waals surface area contributed by atoms with Crippen LogP contribution in [0.3, 0.4) is 0 Å². The molecule has 3 saturated carbocycles. The molecule has 6 atom stereocenters. The van der Waals surface area contributed by atoms with Gasteiger partial charge in [0, 0.05) is 19.4 Å². The maximum atomic E-state index is 11.9. The molecule has 3 nitrogen and oxygen atoms in total. The fraction of sp³-hybridized carbons (Fsp3) is 0.810. The summed E-state index contributed by atoms with van der Waals surface area (Å²) < 4.78 is 0. The molecular weight excluding hydrogens is 298 g/mol. The van der Waals surface area contributed by atoms with Crippen LogP contribution in [-0.2, 0) is 9.59 Å². The molecule has 0 aromatic heterocycles. The van der Waals surface area contributed by atoms with Crippen LogP contribution in [0.1, 0.15) is 72.1 Å². The lowest BCUT2D eigenvalue weighted by Crippen LogP contribution is -2.53. The van der Waals surface area contributed by atoms with Crippen LogP contribution in [0.15, 0.2) is 11.6 Å². The van der Waals surface area contributed by atoms with Gasteiger partial charge in [-0.05, 0) is 79.6 Å². The summed E-state index contributed by atoms with van der Waals surface area (Å²) in [6, 6.07) is 0.360. The zero-order chi connectivity index (χ0) is 17.1. The number of fused-ring (bicyclic) bond motifs is 5. The standard InChI is InChI=1S/C21H31NO2/c1-13(23)22-19-7-6-17-16-5-4-14-12-15(24)8-10-20(14,2)18(16)9-11-21(17,19)3/h12,16-19H,4-11H2,1-3H3,(H,22,23)/t16-,17-,18-,19?,20-,21-/m0/s1. The van der Waals surface area contributed by atoms with Gasteiger partial charge in [-0.3, -0.25) is 9.59 Å². The molecule has 0 radical (unpaired) electrons. The van der Waals surface area contributed by atoms with E-state index in [4.69, 9.17) is 0 Å².